The molecule has 4 rings (SSSR count). The number of hydrogen-bond donors (Lipinski definition) is 0. The molecule has 0 spiro atoms. The van der Waals surface area contributed by atoms with Gasteiger partial charge in [0.1, 0.15) is 0 Å². The molecule has 0 amide bonds. The Kier molecular flexibility index (Phi) is 7.72. The molecule has 0 bridgehead atoms. The Morgan fingerprint density at radius 2 is 1.47 bits per heavy atom. The standard InChI is InChI=1S/C29H30F4O/c1-3-4-19-6-9-20(10-7-19)24-15-16-25(29(33)28(24)32)21-11-13-23(14-12-21)34-17-22-8-5-18(2)26(30)27(22)31/h5-10,15-16,21,23H,3-4,11-14,17H2,1-2H3. The predicted octanol–water partition coefficient (Wildman–Crippen LogP) is 8.41. The lowest BCUT2D eigenvalue weighted by molar-refractivity contribution is 0.0116. The molecule has 0 heterocycles. The number of aryl methyl sites for hydroxylation is 2. The third-order valence-electron chi connectivity index (χ3n) is 6.86. The van der Waals surface area contributed by atoms with Crippen LogP contribution >= 0.6 is 0 Å². The van der Waals surface area contributed by atoms with Crippen LogP contribution in [0.4, 0.5) is 17.6 Å². The molecule has 5 heteroatoms. The minimum atomic E-state index is -0.869. The van der Waals surface area contributed by atoms with Gasteiger partial charge in [0.25, 0.3) is 0 Å². The second-order valence-corrected chi connectivity index (χ2v) is 9.23. The minimum absolute atomic E-state index is 0.00685. The van der Waals surface area contributed by atoms with Crippen LogP contribution in [0.25, 0.3) is 11.1 Å². The second-order valence-electron chi connectivity index (χ2n) is 9.23. The average Bonchev–Trinajstić information content (AvgIpc) is 2.85. The van der Waals surface area contributed by atoms with Gasteiger partial charge in [0, 0.05) is 11.1 Å². The van der Waals surface area contributed by atoms with Crippen molar-refractivity contribution >= 4 is 0 Å². The Labute approximate surface area is 198 Å². The molecule has 0 atom stereocenters. The van der Waals surface area contributed by atoms with Crippen LogP contribution < -0.4 is 0 Å². The molecule has 0 radical (unpaired) electrons. The molecule has 1 aliphatic rings. The number of rotatable bonds is 7. The summed E-state index contributed by atoms with van der Waals surface area (Å²) >= 11 is 0. The predicted molar refractivity (Wildman–Crippen MR) is 127 cm³/mol. The highest BCUT2D eigenvalue weighted by atomic mass is 19.2. The van der Waals surface area contributed by atoms with Crippen LogP contribution in [0.3, 0.4) is 0 Å². The monoisotopic (exact) mass is 470 g/mol. The summed E-state index contributed by atoms with van der Waals surface area (Å²) < 4.78 is 63.6. The van der Waals surface area contributed by atoms with Crippen LogP contribution in [0.5, 0.6) is 0 Å². The van der Waals surface area contributed by atoms with Gasteiger partial charge in [-0.25, -0.2) is 17.6 Å². The second kappa shape index (κ2) is 10.7. The quantitative estimate of drug-likeness (QED) is 0.315. The van der Waals surface area contributed by atoms with Crippen LogP contribution in [0.15, 0.2) is 48.5 Å². The van der Waals surface area contributed by atoms with E-state index in [-0.39, 0.29) is 35.3 Å². The molecular weight excluding hydrogens is 440 g/mol. The van der Waals surface area contributed by atoms with Gasteiger partial charge >= 0.3 is 0 Å². The van der Waals surface area contributed by atoms with Crippen LogP contribution in [0.1, 0.15) is 67.2 Å². The molecule has 34 heavy (non-hydrogen) atoms. The molecule has 1 fully saturated rings. The molecule has 3 aromatic rings. The number of halogens is 4. The molecule has 0 saturated heterocycles. The van der Waals surface area contributed by atoms with Crippen molar-refractivity contribution in [3.8, 4) is 11.1 Å². The van der Waals surface area contributed by atoms with Crippen molar-refractivity contribution in [2.75, 3.05) is 0 Å². The third kappa shape index (κ3) is 5.20. The van der Waals surface area contributed by atoms with Crippen molar-refractivity contribution in [3.05, 3.63) is 94.1 Å². The van der Waals surface area contributed by atoms with E-state index in [1.807, 2.05) is 24.3 Å². The van der Waals surface area contributed by atoms with Crippen molar-refractivity contribution < 1.29 is 22.3 Å². The Hall–Kier alpha value is -2.66. The Bertz CT molecular complexity index is 1130. The smallest absolute Gasteiger partial charge is 0.166 e. The van der Waals surface area contributed by atoms with E-state index in [9.17, 15) is 13.2 Å². The summed E-state index contributed by atoms with van der Waals surface area (Å²) in [4.78, 5) is 0. The first-order valence-corrected chi connectivity index (χ1v) is 12.0. The summed E-state index contributed by atoms with van der Waals surface area (Å²) in [7, 11) is 0. The van der Waals surface area contributed by atoms with Crippen LogP contribution in [-0.4, -0.2) is 6.10 Å². The zero-order chi connectivity index (χ0) is 24.2. The molecule has 1 saturated carbocycles. The van der Waals surface area contributed by atoms with E-state index in [1.165, 1.54) is 24.6 Å². The first-order chi connectivity index (χ1) is 16.4. The fraction of sp³-hybridized carbons (Fsp3) is 0.379. The third-order valence-corrected chi connectivity index (χ3v) is 6.86. The lowest BCUT2D eigenvalue weighted by atomic mass is 9.82. The summed E-state index contributed by atoms with van der Waals surface area (Å²) in [6.45, 7) is 3.61. The average molecular weight is 471 g/mol. The van der Waals surface area contributed by atoms with Crippen molar-refractivity contribution in [2.45, 2.75) is 71.0 Å². The van der Waals surface area contributed by atoms with Gasteiger partial charge in [-0.2, -0.15) is 0 Å². The zero-order valence-electron chi connectivity index (χ0n) is 19.6. The van der Waals surface area contributed by atoms with Crippen molar-refractivity contribution in [2.24, 2.45) is 0 Å². The SMILES string of the molecule is CCCc1ccc(-c2ccc(C3CCC(OCc4ccc(C)c(F)c4F)CC3)c(F)c2F)cc1. The van der Waals surface area contributed by atoms with E-state index in [1.54, 1.807) is 12.1 Å². The molecule has 1 nitrogen and oxygen atoms in total. The van der Waals surface area contributed by atoms with Crippen molar-refractivity contribution in [1.29, 1.82) is 0 Å². The van der Waals surface area contributed by atoms with E-state index < -0.39 is 23.3 Å². The van der Waals surface area contributed by atoms with Gasteiger partial charge in [-0.1, -0.05) is 61.9 Å². The van der Waals surface area contributed by atoms with Crippen molar-refractivity contribution in [3.63, 3.8) is 0 Å². The zero-order valence-corrected chi connectivity index (χ0v) is 19.6. The molecule has 0 N–H and O–H groups in total. The molecule has 0 aliphatic heterocycles. The molecular formula is C29H30F4O. The molecule has 3 aromatic carbocycles. The van der Waals surface area contributed by atoms with E-state index in [0.29, 0.717) is 36.8 Å². The summed E-state index contributed by atoms with van der Waals surface area (Å²) in [5.74, 6) is -3.40. The molecule has 0 unspecified atom stereocenters. The van der Waals surface area contributed by atoms with Gasteiger partial charge in [-0.05, 0) is 67.2 Å². The summed E-state index contributed by atoms with van der Waals surface area (Å²) in [6.07, 6.45) is 4.48. The normalized spacial score (nSPS) is 18.3. The molecule has 0 aromatic heterocycles. The Morgan fingerprint density at radius 1 is 0.765 bits per heavy atom. The van der Waals surface area contributed by atoms with Crippen LogP contribution in [-0.2, 0) is 17.8 Å². The fourth-order valence-corrected chi connectivity index (χ4v) is 4.79. The highest BCUT2D eigenvalue weighted by molar-refractivity contribution is 5.65. The maximum atomic E-state index is 15.0. The first kappa shape index (κ1) is 24.5. The Balaban J connectivity index is 1.38. The molecule has 1 aliphatic carbocycles. The lowest BCUT2D eigenvalue weighted by Gasteiger charge is -2.29. The molecule has 180 valence electrons. The summed E-state index contributed by atoms with van der Waals surface area (Å²) in [5.41, 5.74) is 2.97. The van der Waals surface area contributed by atoms with E-state index in [4.69, 9.17) is 4.74 Å². The largest absolute Gasteiger partial charge is 0.373 e. The van der Waals surface area contributed by atoms with Crippen molar-refractivity contribution in [1.82, 2.24) is 0 Å². The summed E-state index contributed by atoms with van der Waals surface area (Å²) in [6, 6.07) is 14.0. The van der Waals surface area contributed by atoms with E-state index >= 15 is 4.39 Å². The highest BCUT2D eigenvalue weighted by Gasteiger charge is 2.27. The lowest BCUT2D eigenvalue weighted by Crippen LogP contribution is -2.21. The van der Waals surface area contributed by atoms with Gasteiger partial charge in [-0.15, -0.1) is 0 Å². The maximum Gasteiger partial charge on any atom is 0.166 e. The van der Waals surface area contributed by atoms with Crippen LogP contribution in [0.2, 0.25) is 0 Å². The van der Waals surface area contributed by atoms with Gasteiger partial charge < -0.3 is 4.74 Å². The summed E-state index contributed by atoms with van der Waals surface area (Å²) in [5, 5.41) is 0. The fourth-order valence-electron chi connectivity index (χ4n) is 4.79. The van der Waals surface area contributed by atoms with Gasteiger partial charge in [0.15, 0.2) is 23.3 Å². The number of benzene rings is 3. The van der Waals surface area contributed by atoms with E-state index in [0.717, 1.165) is 12.8 Å². The maximum absolute atomic E-state index is 15.0. The first-order valence-electron chi connectivity index (χ1n) is 12.0. The highest BCUT2D eigenvalue weighted by Crippen LogP contribution is 2.38. The topological polar surface area (TPSA) is 9.23 Å². The van der Waals surface area contributed by atoms with Gasteiger partial charge in [0.05, 0.1) is 12.7 Å². The number of ether oxygens (including phenoxy) is 1. The number of hydrogen-bond acceptors (Lipinski definition) is 1. The van der Waals surface area contributed by atoms with E-state index in [2.05, 4.69) is 6.92 Å². The van der Waals surface area contributed by atoms with Gasteiger partial charge in [-0.3, -0.25) is 0 Å². The van der Waals surface area contributed by atoms with Crippen LogP contribution in [0, 0.1) is 30.2 Å². The Morgan fingerprint density at radius 3 is 2.15 bits per heavy atom. The minimum Gasteiger partial charge on any atom is -0.373 e. The van der Waals surface area contributed by atoms with Gasteiger partial charge in [0.2, 0.25) is 0 Å².